The minimum Gasteiger partial charge on any atom is -0.378 e. The van der Waals surface area contributed by atoms with Crippen molar-refractivity contribution >= 4 is 33.0 Å². The van der Waals surface area contributed by atoms with E-state index >= 15 is 0 Å². The number of ether oxygens (including phenoxy) is 1. The first-order valence-corrected chi connectivity index (χ1v) is 18.5. The van der Waals surface area contributed by atoms with Crippen molar-refractivity contribution in [2.24, 2.45) is 0 Å². The molecule has 3 heterocycles. The summed E-state index contributed by atoms with van der Waals surface area (Å²) in [7, 11) is -3.76. The number of carbonyl (C=O) groups excluding carboxylic acids is 1. The molecule has 6 rings (SSSR count). The Balaban J connectivity index is 0.000000272. The van der Waals surface area contributed by atoms with Crippen LogP contribution in [0.4, 0.5) is 43.4 Å². The Morgan fingerprint density at radius 1 is 0.712 bits per heavy atom. The van der Waals surface area contributed by atoms with Gasteiger partial charge in [-0.1, -0.05) is 6.92 Å². The van der Waals surface area contributed by atoms with Crippen molar-refractivity contribution in [2.45, 2.75) is 24.2 Å². The second-order valence-corrected chi connectivity index (χ2v) is 14.2. The summed E-state index contributed by atoms with van der Waals surface area (Å²) in [5, 5.41) is 3.20. The van der Waals surface area contributed by atoms with Gasteiger partial charge in [-0.3, -0.25) is 4.79 Å². The van der Waals surface area contributed by atoms with Crippen LogP contribution >= 0.6 is 0 Å². The minimum atomic E-state index is -4.39. The van der Waals surface area contributed by atoms with Gasteiger partial charge in [0.25, 0.3) is 5.91 Å². The normalized spacial score (nSPS) is 17.4. The number of hydrogen-bond donors (Lipinski definition) is 2. The van der Waals surface area contributed by atoms with E-state index in [0.29, 0.717) is 69.4 Å². The molecule has 0 bridgehead atoms. The third-order valence-corrected chi connectivity index (χ3v) is 10.5. The topological polar surface area (TPSA) is 97.5 Å². The molecule has 3 aromatic rings. The van der Waals surface area contributed by atoms with Crippen molar-refractivity contribution in [3.8, 4) is 0 Å². The third-order valence-electron chi connectivity index (χ3n) is 9.00. The fourth-order valence-electron chi connectivity index (χ4n) is 6.19. The predicted octanol–water partition coefficient (Wildman–Crippen LogP) is 4.92. The fourth-order valence-corrected chi connectivity index (χ4v) is 7.26. The van der Waals surface area contributed by atoms with Gasteiger partial charge in [0, 0.05) is 89.1 Å². The summed E-state index contributed by atoms with van der Waals surface area (Å²) >= 11 is 0. The maximum atomic E-state index is 13.6. The van der Waals surface area contributed by atoms with Crippen molar-refractivity contribution in [3.05, 3.63) is 83.4 Å². The summed E-state index contributed by atoms with van der Waals surface area (Å²) in [6.07, 6.45) is -8.64. The molecule has 0 aliphatic carbocycles. The fraction of sp³-hybridized carbons (Fsp3) is 0.457. The molecule has 0 atom stereocenters. The van der Waals surface area contributed by atoms with Gasteiger partial charge in [0.2, 0.25) is 10.0 Å². The molecule has 3 aliphatic heterocycles. The summed E-state index contributed by atoms with van der Waals surface area (Å²) in [6.45, 7) is 9.12. The molecule has 0 spiro atoms. The zero-order valence-electron chi connectivity index (χ0n) is 28.6. The Morgan fingerprint density at radius 2 is 1.21 bits per heavy atom. The highest BCUT2D eigenvalue weighted by Crippen LogP contribution is 2.32. The van der Waals surface area contributed by atoms with Crippen LogP contribution in [0.3, 0.4) is 0 Å². The Morgan fingerprint density at radius 3 is 1.69 bits per heavy atom. The lowest BCUT2D eigenvalue weighted by molar-refractivity contribution is -0.138. The average molecular weight is 757 g/mol. The highest BCUT2D eigenvalue weighted by atomic mass is 32.2. The zero-order valence-corrected chi connectivity index (χ0v) is 29.5. The highest BCUT2D eigenvalue weighted by molar-refractivity contribution is 7.89. The quantitative estimate of drug-likeness (QED) is 0.329. The smallest absolute Gasteiger partial charge is 0.378 e. The maximum absolute atomic E-state index is 13.6. The van der Waals surface area contributed by atoms with Crippen LogP contribution < -0.4 is 24.7 Å². The molecule has 3 fully saturated rings. The van der Waals surface area contributed by atoms with E-state index in [0.717, 1.165) is 56.1 Å². The average Bonchev–Trinajstić information content (AvgIpc) is 3.15. The van der Waals surface area contributed by atoms with E-state index in [4.69, 9.17) is 4.74 Å². The van der Waals surface area contributed by atoms with Crippen LogP contribution in [0, 0.1) is 0 Å². The number of alkyl halides is 6. The molecule has 0 aromatic heterocycles. The van der Waals surface area contributed by atoms with Crippen LogP contribution in [0.2, 0.25) is 0 Å². The summed E-state index contributed by atoms with van der Waals surface area (Å²) in [5.41, 5.74) is 1.18. The first-order chi connectivity index (χ1) is 24.7. The summed E-state index contributed by atoms with van der Waals surface area (Å²) in [6, 6.07) is 14.9. The Kier molecular flexibility index (Phi) is 12.6. The van der Waals surface area contributed by atoms with Crippen molar-refractivity contribution < 1.29 is 44.3 Å². The molecule has 2 N–H and O–H groups in total. The molecule has 0 saturated carbocycles. The maximum Gasteiger partial charge on any atom is 0.416 e. The van der Waals surface area contributed by atoms with E-state index in [9.17, 15) is 39.6 Å². The van der Waals surface area contributed by atoms with Crippen molar-refractivity contribution in [1.29, 1.82) is 0 Å². The van der Waals surface area contributed by atoms with Gasteiger partial charge in [-0.05, 0) is 66.7 Å². The van der Waals surface area contributed by atoms with Crippen molar-refractivity contribution in [1.82, 2.24) is 14.9 Å². The second kappa shape index (κ2) is 16.7. The Hall–Kier alpha value is -4.06. The first-order valence-electron chi connectivity index (χ1n) is 17.0. The van der Waals surface area contributed by atoms with Crippen molar-refractivity contribution in [2.75, 3.05) is 99.9 Å². The van der Waals surface area contributed by atoms with Crippen LogP contribution in [0.1, 0.15) is 28.4 Å². The molecule has 10 nitrogen and oxygen atoms in total. The Labute approximate surface area is 299 Å². The summed E-state index contributed by atoms with van der Waals surface area (Å²) in [5.74, 6) is -0.280. The van der Waals surface area contributed by atoms with Crippen LogP contribution in [-0.4, -0.2) is 104 Å². The molecule has 52 heavy (non-hydrogen) atoms. The van der Waals surface area contributed by atoms with Gasteiger partial charge in [0.05, 0.1) is 34.8 Å². The Bertz CT molecular complexity index is 1740. The van der Waals surface area contributed by atoms with E-state index in [2.05, 4.69) is 14.9 Å². The van der Waals surface area contributed by atoms with Crippen molar-refractivity contribution in [3.63, 3.8) is 0 Å². The van der Waals surface area contributed by atoms with Crippen LogP contribution in [0.25, 0.3) is 0 Å². The highest BCUT2D eigenvalue weighted by Gasteiger charge is 2.32. The monoisotopic (exact) mass is 756 g/mol. The number of amides is 1. The zero-order chi connectivity index (χ0) is 37.5. The van der Waals surface area contributed by atoms with Gasteiger partial charge in [-0.2, -0.15) is 26.3 Å². The van der Waals surface area contributed by atoms with Crippen LogP contribution in [-0.2, 0) is 27.1 Å². The number of piperazine rings is 2. The van der Waals surface area contributed by atoms with Crippen LogP contribution in [0.15, 0.2) is 71.6 Å². The summed E-state index contributed by atoms with van der Waals surface area (Å²) < 4.78 is 109. The largest absolute Gasteiger partial charge is 0.416 e. The second-order valence-electron chi connectivity index (χ2n) is 12.4. The molecule has 17 heteroatoms. The minimum absolute atomic E-state index is 0.0214. The number of sulfonamides is 1. The molecule has 3 aliphatic rings. The molecule has 3 saturated heterocycles. The molecule has 284 valence electrons. The lowest BCUT2D eigenvalue weighted by atomic mass is 10.1. The van der Waals surface area contributed by atoms with E-state index in [1.165, 1.54) is 36.4 Å². The number of benzene rings is 3. The number of nitrogens with zero attached hydrogens (tertiary/aromatic N) is 4. The van der Waals surface area contributed by atoms with Crippen LogP contribution in [0.5, 0.6) is 0 Å². The number of carbonyl (C=O) groups is 1. The van der Waals surface area contributed by atoms with Gasteiger partial charge in [-0.15, -0.1) is 0 Å². The molecule has 3 aromatic carbocycles. The number of anilines is 3. The van der Waals surface area contributed by atoms with Gasteiger partial charge < -0.3 is 29.7 Å². The molecular weight excluding hydrogens is 714 g/mol. The van der Waals surface area contributed by atoms with E-state index in [-0.39, 0.29) is 17.3 Å². The number of hydrogen-bond acceptors (Lipinski definition) is 8. The van der Waals surface area contributed by atoms with Gasteiger partial charge in [0.15, 0.2) is 0 Å². The SMILES string of the molecule is CCNS(=O)(=O)c1ccc(N2CCOCC2)c(C(=O)N2CCN(c3ccc(C(F)(F)F)cc3)CC2)c1.FC(F)(F)c1ccc(N2CCNCC2)cc1. The molecule has 0 radical (unpaired) electrons. The lowest BCUT2D eigenvalue weighted by Crippen LogP contribution is -2.49. The van der Waals surface area contributed by atoms with Gasteiger partial charge in [-0.25, -0.2) is 13.1 Å². The number of rotatable bonds is 7. The van der Waals surface area contributed by atoms with E-state index < -0.39 is 33.5 Å². The van der Waals surface area contributed by atoms with E-state index in [1.54, 1.807) is 17.9 Å². The molecular formula is C35H42F6N6O4S. The van der Waals surface area contributed by atoms with Gasteiger partial charge >= 0.3 is 12.4 Å². The molecule has 0 unspecified atom stereocenters. The standard InChI is InChI=1S/C24H29F3N4O4S.C11H13F3N2/c1-2-28-36(33,34)20-7-8-22(30-13-15-35-16-14-30)21(17-20)23(32)31-11-9-29(10-12-31)19-5-3-18(4-6-19)24(25,26)27;12-11(13,14)9-1-3-10(4-2-9)16-7-5-15-6-8-16/h3-8,17,28H,2,9-16H2,1H3;1-4,15H,5-8H2. The van der Waals surface area contributed by atoms with E-state index in [1.807, 2.05) is 9.80 Å². The first kappa shape index (κ1) is 39.2. The number of nitrogens with one attached hydrogen (secondary N) is 2. The predicted molar refractivity (Wildman–Crippen MR) is 186 cm³/mol. The van der Waals surface area contributed by atoms with Gasteiger partial charge in [0.1, 0.15) is 0 Å². The lowest BCUT2D eigenvalue weighted by Gasteiger charge is -2.37. The number of morpholine rings is 1. The summed E-state index contributed by atoms with van der Waals surface area (Å²) in [4.78, 5) is 21.3. The number of halogens is 6. The third kappa shape index (κ3) is 9.87. The molecule has 1 amide bonds.